The standard InChI is InChI=1S/C21H20N.3C20H18N/c1-3-16-8-4-6-10-18(16)20-12-21-19-11-7-5-9-17(19)14-22(21)13-15(20)2;1-2-15-7-3-5-9-18(15)16-11-12-21-14-17-8-4-6-10-19(17)20(21)13-16;1-2-15-13-21-14-17-10-6-7-11-18(17)20(21)12-19(15)16-8-4-3-5-9-16;1-2-17-18(15-8-4-3-5-9-15)12-13-21-14-16-10-6-7-11-19(16)20(17)21/h4-13H,3,14H2,1-2H3;3*3-13H,2,14H2,1H3/q4*+1/i2D3,3D2;1D3;2D2;. The summed E-state index contributed by atoms with van der Waals surface area (Å²) >= 11 is 0. The predicted octanol–water partition coefficient (Wildman–Crippen LogP) is 17.2. The maximum Gasteiger partial charge on any atom is 0.217 e. The van der Waals surface area contributed by atoms with Crippen molar-refractivity contribution < 1.29 is 32.0 Å². The number of aryl methyl sites for hydroxylation is 4. The predicted molar refractivity (Wildman–Crippen MR) is 349 cm³/mol. The van der Waals surface area contributed by atoms with E-state index in [0.717, 1.165) is 82.0 Å². The van der Waals surface area contributed by atoms with Gasteiger partial charge in [-0.05, 0) is 112 Å². The van der Waals surface area contributed by atoms with Gasteiger partial charge in [-0.25, -0.2) is 0 Å². The zero-order valence-electron chi connectivity index (χ0n) is 58.4. The number of pyridine rings is 4. The molecule has 0 saturated carbocycles. The van der Waals surface area contributed by atoms with Gasteiger partial charge in [-0.3, -0.25) is 0 Å². The SMILES string of the molecule is CCc1c(-c2ccccc2)cc[n+]2c1-c1ccccc1C2.[2H]C([2H])(C)c1c[n+]2c(cc1-c1ccccc1)-c1ccccc1C2.[2H]C([2H])([2H])Cc1ccccc1-c1cc[n+]2c(c1)-c1ccccc1C2.[2H]C([2H])([2H])c1c[n+]2c(cc1-c1ccccc1C([2H])([2H])C)-c1ccccc1C2. The molecule has 12 aromatic rings. The van der Waals surface area contributed by atoms with Crippen molar-refractivity contribution in [1.29, 1.82) is 0 Å². The molecule has 0 N–H and O–H groups in total. The van der Waals surface area contributed by atoms with Gasteiger partial charge in [0.05, 0.1) is 22.3 Å². The lowest BCUT2D eigenvalue weighted by molar-refractivity contribution is -0.672. The molecular formula is C81H74N4+4. The van der Waals surface area contributed by atoms with Gasteiger partial charge in [-0.1, -0.05) is 210 Å². The van der Waals surface area contributed by atoms with Crippen LogP contribution in [0.4, 0.5) is 0 Å². The van der Waals surface area contributed by atoms with E-state index in [1.54, 1.807) is 31.3 Å². The Kier molecular flexibility index (Phi) is 12.6. The van der Waals surface area contributed by atoms with E-state index >= 15 is 0 Å². The Bertz CT molecular complexity index is 4850. The first kappa shape index (κ1) is 44.0. The summed E-state index contributed by atoms with van der Waals surface area (Å²) in [6.45, 7) is 4.46. The smallest absolute Gasteiger partial charge is 0.194 e. The van der Waals surface area contributed by atoms with Gasteiger partial charge in [-0.15, -0.1) is 0 Å². The Morgan fingerprint density at radius 2 is 0.800 bits per heavy atom. The van der Waals surface area contributed by atoms with Crippen LogP contribution in [0.1, 0.15) is 91.4 Å². The molecule has 0 amide bonds. The third-order valence-corrected chi connectivity index (χ3v) is 17.0. The van der Waals surface area contributed by atoms with E-state index in [4.69, 9.17) is 13.7 Å². The van der Waals surface area contributed by atoms with E-state index in [9.17, 15) is 0 Å². The van der Waals surface area contributed by atoms with Crippen LogP contribution in [0, 0.1) is 6.85 Å². The Morgan fingerprint density at radius 3 is 1.39 bits per heavy atom. The molecule has 0 spiro atoms. The van der Waals surface area contributed by atoms with Crippen molar-refractivity contribution in [3.63, 3.8) is 0 Å². The first-order valence-electron chi connectivity index (χ1n) is 34.5. The van der Waals surface area contributed by atoms with Crippen LogP contribution in [0.15, 0.2) is 261 Å². The molecule has 414 valence electrons. The minimum absolute atomic E-state index is 0.0873. The van der Waals surface area contributed by atoms with Gasteiger partial charge in [0.1, 0.15) is 0 Å². The molecule has 0 fully saturated rings. The fourth-order valence-electron chi connectivity index (χ4n) is 12.8. The summed E-state index contributed by atoms with van der Waals surface area (Å²) in [5.74, 6) is 0. The van der Waals surface area contributed by atoms with Crippen molar-refractivity contribution in [3.8, 4) is 89.5 Å². The second-order valence-electron chi connectivity index (χ2n) is 21.9. The molecule has 0 saturated heterocycles. The lowest BCUT2D eigenvalue weighted by Gasteiger charge is -2.10. The zero-order chi connectivity index (χ0) is 66.4. The highest BCUT2D eigenvalue weighted by Crippen LogP contribution is 2.38. The first-order valence-corrected chi connectivity index (χ1v) is 29.5. The monoisotopic (exact) mass is 1110 g/mol. The molecule has 0 atom stereocenters. The average molecular weight is 1110 g/mol. The molecule has 16 rings (SSSR count). The highest BCUT2D eigenvalue weighted by molar-refractivity contribution is 5.79. The molecule has 0 unspecified atom stereocenters. The van der Waals surface area contributed by atoms with Gasteiger partial charge < -0.3 is 0 Å². The lowest BCUT2D eigenvalue weighted by Crippen LogP contribution is -2.32. The maximum absolute atomic E-state index is 8.24. The normalized spacial score (nSPS) is 14.4. The molecule has 4 aliphatic heterocycles. The minimum atomic E-state index is -2.29. The maximum atomic E-state index is 8.24. The largest absolute Gasteiger partial charge is 0.217 e. The molecule has 4 aromatic heterocycles. The van der Waals surface area contributed by atoms with E-state index in [2.05, 4.69) is 166 Å². The topological polar surface area (TPSA) is 15.5 Å². The van der Waals surface area contributed by atoms with E-state index in [1.807, 2.05) is 95.7 Å². The number of hydrogen-bond acceptors (Lipinski definition) is 0. The van der Waals surface area contributed by atoms with Gasteiger partial charge in [-0.2, -0.15) is 18.3 Å². The summed E-state index contributed by atoms with van der Waals surface area (Å²) < 4.78 is 88.4. The summed E-state index contributed by atoms with van der Waals surface area (Å²) in [5, 5.41) is 0. The van der Waals surface area contributed by atoms with Crippen molar-refractivity contribution in [3.05, 3.63) is 311 Å². The second kappa shape index (κ2) is 24.3. The van der Waals surface area contributed by atoms with Crippen LogP contribution in [0.3, 0.4) is 0 Å². The number of fused-ring (bicyclic) bond motifs is 12. The van der Waals surface area contributed by atoms with Gasteiger partial charge >= 0.3 is 0 Å². The minimum Gasteiger partial charge on any atom is -0.194 e. The van der Waals surface area contributed by atoms with Gasteiger partial charge in [0, 0.05) is 83.0 Å². The molecule has 4 aliphatic rings. The molecule has 8 heterocycles. The number of benzene rings is 8. The van der Waals surface area contributed by atoms with Crippen LogP contribution in [-0.4, -0.2) is 0 Å². The zero-order valence-corrected chi connectivity index (χ0v) is 48.4. The van der Waals surface area contributed by atoms with Crippen LogP contribution in [0.5, 0.6) is 0 Å². The van der Waals surface area contributed by atoms with Gasteiger partial charge in [0.15, 0.2) is 51.0 Å². The summed E-state index contributed by atoms with van der Waals surface area (Å²) in [7, 11) is 0. The van der Waals surface area contributed by atoms with Crippen molar-refractivity contribution in [1.82, 2.24) is 0 Å². The van der Waals surface area contributed by atoms with Crippen LogP contribution in [0.25, 0.3) is 89.5 Å². The fourth-order valence-corrected chi connectivity index (χ4v) is 12.8. The van der Waals surface area contributed by atoms with Crippen LogP contribution >= 0.6 is 0 Å². The molecule has 4 nitrogen and oxygen atoms in total. The number of hydrogen-bond donors (Lipinski definition) is 0. The third kappa shape index (κ3) is 10.7. The second-order valence-corrected chi connectivity index (χ2v) is 21.9. The van der Waals surface area contributed by atoms with E-state index in [0.29, 0.717) is 23.2 Å². The molecule has 0 bridgehead atoms. The summed E-state index contributed by atoms with van der Waals surface area (Å²) in [5.41, 5.74) is 26.7. The highest BCUT2D eigenvalue weighted by Gasteiger charge is 2.32. The number of rotatable bonds is 8. The highest BCUT2D eigenvalue weighted by atomic mass is 15.0. The average Bonchev–Trinajstić information content (AvgIpc) is 1.70. The number of nitrogens with zero attached hydrogens (tertiary/aromatic N) is 4. The third-order valence-electron chi connectivity index (χ3n) is 17.0. The van der Waals surface area contributed by atoms with Crippen molar-refractivity contribution in [2.24, 2.45) is 0 Å². The Balaban J connectivity index is 0.000000115. The Labute approximate surface area is 517 Å². The molecule has 4 heteroatoms. The van der Waals surface area contributed by atoms with Crippen molar-refractivity contribution >= 4 is 0 Å². The first-order chi connectivity index (χ1) is 45.6. The lowest BCUT2D eigenvalue weighted by atomic mass is 9.94. The summed E-state index contributed by atoms with van der Waals surface area (Å²) in [6, 6.07) is 79.9. The molecule has 0 aliphatic carbocycles. The van der Waals surface area contributed by atoms with Crippen LogP contribution in [0.2, 0.25) is 0 Å². The van der Waals surface area contributed by atoms with Crippen LogP contribution < -0.4 is 18.3 Å². The molecular weight excluding hydrogens is 1030 g/mol. The van der Waals surface area contributed by atoms with Crippen LogP contribution in [-0.2, 0) is 51.8 Å². The van der Waals surface area contributed by atoms with Crippen molar-refractivity contribution in [2.75, 3.05) is 0 Å². The number of aromatic nitrogens is 4. The fraction of sp³-hybridized carbons (Fsp3) is 0.160. The molecule has 85 heavy (non-hydrogen) atoms. The quantitative estimate of drug-likeness (QED) is 0.135. The Morgan fingerprint density at radius 1 is 0.341 bits per heavy atom. The van der Waals surface area contributed by atoms with Crippen molar-refractivity contribution in [2.45, 2.75) is 86.2 Å². The van der Waals surface area contributed by atoms with E-state index in [1.165, 1.54) is 68.4 Å². The molecule has 8 aromatic carbocycles. The van der Waals surface area contributed by atoms with E-state index in [-0.39, 0.29) is 12.0 Å². The Hall–Kier alpha value is -9.64. The van der Waals surface area contributed by atoms with Gasteiger partial charge in [0.25, 0.3) is 0 Å². The molecule has 0 radical (unpaired) electrons. The summed E-state index contributed by atoms with van der Waals surface area (Å²) in [6.07, 6.45) is 6.19. The van der Waals surface area contributed by atoms with E-state index < -0.39 is 26.4 Å². The van der Waals surface area contributed by atoms with Gasteiger partial charge in [0.2, 0.25) is 22.8 Å². The summed E-state index contributed by atoms with van der Waals surface area (Å²) in [4.78, 5) is 0.